The van der Waals surface area contributed by atoms with Crippen molar-refractivity contribution >= 4 is 24.2 Å². The van der Waals surface area contributed by atoms with Gasteiger partial charge in [0.1, 0.15) is 17.3 Å². The number of hydrogen-bond acceptors (Lipinski definition) is 7. The van der Waals surface area contributed by atoms with Gasteiger partial charge in [0.2, 0.25) is 11.8 Å². The first-order valence-electron chi connectivity index (χ1n) is 15.7. The predicted octanol–water partition coefficient (Wildman–Crippen LogP) is 5.33. The molecule has 238 valence electrons. The largest absolute Gasteiger partial charge is 0.493 e. The molecule has 5 rings (SSSR count). The van der Waals surface area contributed by atoms with E-state index in [0.29, 0.717) is 74.6 Å². The summed E-state index contributed by atoms with van der Waals surface area (Å²) in [5.41, 5.74) is -0.0657. The number of halogens is 1. The third kappa shape index (κ3) is 7.31. The Hall–Kier alpha value is -3.32. The van der Waals surface area contributed by atoms with Gasteiger partial charge in [-0.1, -0.05) is 44.7 Å². The number of benzene rings is 2. The molecule has 2 aromatic carbocycles. The van der Waals surface area contributed by atoms with Crippen molar-refractivity contribution in [2.75, 3.05) is 26.7 Å². The fourth-order valence-electron chi connectivity index (χ4n) is 6.90. The fourth-order valence-corrected chi connectivity index (χ4v) is 6.90. The third-order valence-electron chi connectivity index (χ3n) is 9.45. The minimum Gasteiger partial charge on any atom is -0.493 e. The van der Waals surface area contributed by atoms with Gasteiger partial charge in [0.15, 0.2) is 11.5 Å². The summed E-state index contributed by atoms with van der Waals surface area (Å²) >= 11 is 0. The smallest absolute Gasteiger partial charge is 0.246 e. The average Bonchev–Trinajstić information content (AvgIpc) is 3.02. The van der Waals surface area contributed by atoms with Crippen LogP contribution in [0.15, 0.2) is 42.5 Å². The summed E-state index contributed by atoms with van der Waals surface area (Å²) in [6, 6.07) is 14.4. The van der Waals surface area contributed by atoms with E-state index in [4.69, 9.17) is 14.7 Å². The second kappa shape index (κ2) is 14.6. The molecule has 2 aromatic rings. The predicted molar refractivity (Wildman–Crippen MR) is 170 cm³/mol. The van der Waals surface area contributed by atoms with Gasteiger partial charge >= 0.3 is 0 Å². The minimum absolute atomic E-state index is 0. The standard InChI is InChI=1S/C34H44N4O5.ClH/c1-3-4-18-38-31(39)28(22-33(41)14-6-5-7-15-33)36-32(40)34(38)16-19-37(20-17-34)24-25-8-11-27(12-9-25)43-29-13-10-26(23-35)21-30(29)42-2;/h8-13,21,28,41H,3-7,14-20,22,24H2,1-2H3,(H,36,40);1H/t28-;/m1./s1. The van der Waals surface area contributed by atoms with Gasteiger partial charge in [-0.2, -0.15) is 5.26 Å². The van der Waals surface area contributed by atoms with Crippen LogP contribution in [0.25, 0.3) is 0 Å². The van der Waals surface area contributed by atoms with E-state index in [2.05, 4.69) is 23.2 Å². The van der Waals surface area contributed by atoms with Gasteiger partial charge < -0.3 is 24.8 Å². The van der Waals surface area contributed by atoms with Gasteiger partial charge in [0, 0.05) is 38.7 Å². The number of unbranched alkanes of at least 4 members (excludes halogenated alkanes) is 1. The lowest BCUT2D eigenvalue weighted by atomic mass is 9.77. The van der Waals surface area contributed by atoms with Crippen LogP contribution in [-0.2, 0) is 16.1 Å². The highest BCUT2D eigenvalue weighted by atomic mass is 35.5. The second-order valence-corrected chi connectivity index (χ2v) is 12.4. The molecule has 3 fully saturated rings. The topological polar surface area (TPSA) is 115 Å². The number of carbonyl (C=O) groups excluding carboxylic acids is 2. The highest BCUT2D eigenvalue weighted by Gasteiger charge is 2.54. The Balaban J connectivity index is 0.00000442. The Morgan fingerprint density at radius 3 is 2.36 bits per heavy atom. The van der Waals surface area contributed by atoms with Crippen LogP contribution < -0.4 is 14.8 Å². The number of piperazine rings is 1. The monoisotopic (exact) mass is 624 g/mol. The molecule has 2 saturated heterocycles. The first-order chi connectivity index (χ1) is 20.8. The zero-order chi connectivity index (χ0) is 30.5. The maximum atomic E-state index is 13.8. The summed E-state index contributed by atoms with van der Waals surface area (Å²) in [7, 11) is 1.55. The molecule has 0 aromatic heterocycles. The Morgan fingerprint density at radius 2 is 1.73 bits per heavy atom. The van der Waals surface area contributed by atoms with Crippen LogP contribution in [0.2, 0.25) is 0 Å². The van der Waals surface area contributed by atoms with Crippen LogP contribution >= 0.6 is 12.4 Å². The number of nitriles is 1. The second-order valence-electron chi connectivity index (χ2n) is 12.4. The summed E-state index contributed by atoms with van der Waals surface area (Å²) < 4.78 is 11.4. The number of hydrogen-bond donors (Lipinski definition) is 2. The van der Waals surface area contributed by atoms with Crippen molar-refractivity contribution in [2.24, 2.45) is 0 Å². The van der Waals surface area contributed by atoms with E-state index >= 15 is 0 Å². The van der Waals surface area contributed by atoms with Gasteiger partial charge in [-0.25, -0.2) is 0 Å². The number of ether oxygens (including phenoxy) is 2. The number of nitrogens with zero attached hydrogens (tertiary/aromatic N) is 3. The zero-order valence-corrected chi connectivity index (χ0v) is 26.7. The molecule has 1 atom stereocenters. The number of rotatable bonds is 10. The molecular weight excluding hydrogens is 580 g/mol. The fraction of sp³-hybridized carbons (Fsp3) is 0.559. The molecule has 1 saturated carbocycles. The Morgan fingerprint density at radius 1 is 1.02 bits per heavy atom. The minimum atomic E-state index is -0.870. The first-order valence-corrected chi connectivity index (χ1v) is 15.7. The van der Waals surface area contributed by atoms with Crippen molar-refractivity contribution < 1.29 is 24.2 Å². The SMILES string of the molecule is CCCCN1C(=O)[C@@H](CC2(O)CCCCC2)NC(=O)C12CCN(Cc1ccc(Oc3ccc(C#N)cc3OC)cc1)CC2.Cl. The highest BCUT2D eigenvalue weighted by Crippen LogP contribution is 2.38. The molecule has 2 heterocycles. The highest BCUT2D eigenvalue weighted by molar-refractivity contribution is 6.00. The molecule has 2 aliphatic heterocycles. The molecule has 1 aliphatic carbocycles. The molecule has 0 unspecified atom stereocenters. The van der Waals surface area contributed by atoms with E-state index in [0.717, 1.165) is 44.2 Å². The van der Waals surface area contributed by atoms with E-state index in [1.165, 1.54) is 0 Å². The van der Waals surface area contributed by atoms with Crippen LogP contribution in [0, 0.1) is 11.3 Å². The molecule has 10 heteroatoms. The Kier molecular flexibility index (Phi) is 11.2. The molecule has 3 aliphatic rings. The zero-order valence-electron chi connectivity index (χ0n) is 25.8. The van der Waals surface area contributed by atoms with E-state index in [-0.39, 0.29) is 24.2 Å². The van der Waals surface area contributed by atoms with Crippen molar-refractivity contribution in [1.82, 2.24) is 15.1 Å². The van der Waals surface area contributed by atoms with E-state index in [1.807, 2.05) is 29.2 Å². The van der Waals surface area contributed by atoms with Crippen molar-refractivity contribution in [3.63, 3.8) is 0 Å². The molecule has 9 nitrogen and oxygen atoms in total. The van der Waals surface area contributed by atoms with Crippen molar-refractivity contribution in [3.8, 4) is 23.3 Å². The number of piperidine rings is 1. The maximum Gasteiger partial charge on any atom is 0.246 e. The number of carbonyl (C=O) groups is 2. The van der Waals surface area contributed by atoms with Gasteiger partial charge in [-0.3, -0.25) is 14.5 Å². The number of likely N-dealkylation sites (tertiary alicyclic amines) is 1. The summed E-state index contributed by atoms with van der Waals surface area (Å²) in [6.45, 7) is 4.82. The quantitative estimate of drug-likeness (QED) is 0.367. The average molecular weight is 625 g/mol. The maximum absolute atomic E-state index is 13.8. The number of amides is 2. The van der Waals surface area contributed by atoms with Crippen molar-refractivity contribution in [2.45, 2.75) is 94.9 Å². The number of nitrogens with one attached hydrogen (secondary N) is 1. The molecule has 2 amide bonds. The third-order valence-corrected chi connectivity index (χ3v) is 9.45. The van der Waals surface area contributed by atoms with Gasteiger partial charge in [-0.05, 0) is 61.9 Å². The van der Waals surface area contributed by atoms with Crippen LogP contribution in [0.5, 0.6) is 17.2 Å². The summed E-state index contributed by atoms with van der Waals surface area (Å²) in [6.07, 6.45) is 7.71. The molecule has 0 bridgehead atoms. The normalized spacial score (nSPS) is 21.2. The summed E-state index contributed by atoms with van der Waals surface area (Å²) in [4.78, 5) is 31.8. The molecule has 2 N–H and O–H groups in total. The molecule has 44 heavy (non-hydrogen) atoms. The van der Waals surface area contributed by atoms with Crippen LogP contribution in [0.4, 0.5) is 0 Å². The Bertz CT molecular complexity index is 1330. The number of aliphatic hydroxyl groups is 1. The van der Waals surface area contributed by atoms with E-state index in [9.17, 15) is 14.7 Å². The lowest BCUT2D eigenvalue weighted by Gasteiger charge is -2.52. The summed E-state index contributed by atoms with van der Waals surface area (Å²) in [5, 5.41) is 23.3. The molecule has 1 spiro atoms. The number of methoxy groups -OCH3 is 1. The van der Waals surface area contributed by atoms with Gasteiger partial charge in [0.25, 0.3) is 0 Å². The lowest BCUT2D eigenvalue weighted by Crippen LogP contribution is -2.73. The lowest BCUT2D eigenvalue weighted by molar-refractivity contribution is -0.163. The van der Waals surface area contributed by atoms with Gasteiger partial charge in [0.05, 0.1) is 24.3 Å². The molecular formula is C34H45ClN4O5. The first kappa shape index (κ1) is 33.6. The van der Waals surface area contributed by atoms with Gasteiger partial charge in [-0.15, -0.1) is 12.4 Å². The molecule has 0 radical (unpaired) electrons. The Labute approximate surface area is 266 Å². The van der Waals surface area contributed by atoms with Crippen molar-refractivity contribution in [1.29, 1.82) is 5.26 Å². The van der Waals surface area contributed by atoms with Crippen molar-refractivity contribution in [3.05, 3.63) is 53.6 Å². The van der Waals surface area contributed by atoms with E-state index in [1.54, 1.807) is 25.3 Å². The van der Waals surface area contributed by atoms with Crippen LogP contribution in [0.1, 0.15) is 82.3 Å². The van der Waals surface area contributed by atoms with Crippen LogP contribution in [0.3, 0.4) is 0 Å². The van der Waals surface area contributed by atoms with E-state index < -0.39 is 17.2 Å². The van der Waals surface area contributed by atoms with Crippen LogP contribution in [-0.4, -0.2) is 70.6 Å². The summed E-state index contributed by atoms with van der Waals surface area (Å²) in [5.74, 6) is 1.61.